The van der Waals surface area contributed by atoms with Crippen LogP contribution in [0.1, 0.15) is 34.1 Å². The molecule has 2 rings (SSSR count). The van der Waals surface area contributed by atoms with E-state index >= 15 is 0 Å². The first kappa shape index (κ1) is 21.0. The largest absolute Gasteiger partial charge is 0.363 e. The van der Waals surface area contributed by atoms with Crippen molar-refractivity contribution < 1.29 is 28.2 Å². The van der Waals surface area contributed by atoms with Gasteiger partial charge in [-0.3, -0.25) is 14.3 Å². The van der Waals surface area contributed by atoms with Crippen LogP contribution < -0.4 is 11.2 Å². The van der Waals surface area contributed by atoms with E-state index in [0.717, 1.165) is 16.8 Å². The van der Waals surface area contributed by atoms with Crippen LogP contribution in [-0.2, 0) is 29.0 Å². The average Bonchev–Trinajstić information content (AvgIpc) is 2.86. The van der Waals surface area contributed by atoms with Gasteiger partial charge in [0, 0.05) is 12.3 Å². The molecule has 2 atom stereocenters. The number of ether oxygens (including phenoxy) is 2. The fraction of sp³-hybridized carbons (Fsp3) is 0.733. The third-order valence-corrected chi connectivity index (χ3v) is 5.36. The molecule has 0 amide bonds. The molecule has 1 unspecified atom stereocenters. The van der Waals surface area contributed by atoms with E-state index in [1.54, 1.807) is 27.7 Å². The van der Waals surface area contributed by atoms with Crippen LogP contribution in [-0.4, -0.2) is 45.9 Å². The Labute approximate surface area is 150 Å². The number of aliphatic hydroxyl groups is 1. The van der Waals surface area contributed by atoms with Crippen LogP contribution in [0.2, 0.25) is 0 Å². The topological polar surface area (TPSA) is 129 Å². The molecule has 10 nitrogen and oxygen atoms in total. The first-order chi connectivity index (χ1) is 12.0. The normalized spacial score (nSPS) is 23.9. The molecule has 2 heterocycles. The highest BCUT2D eigenvalue weighted by Gasteiger charge is 2.43. The van der Waals surface area contributed by atoms with Crippen molar-refractivity contribution in [3.63, 3.8) is 0 Å². The molecule has 0 radical (unpaired) electrons. The third-order valence-electron chi connectivity index (χ3n) is 3.41. The average molecular weight is 392 g/mol. The monoisotopic (exact) mass is 392 g/mol. The number of hydrogen-bond donors (Lipinski definition) is 2. The van der Waals surface area contributed by atoms with Gasteiger partial charge in [-0.25, -0.2) is 9.36 Å². The van der Waals surface area contributed by atoms with Crippen molar-refractivity contribution in [2.24, 2.45) is 0 Å². The summed E-state index contributed by atoms with van der Waals surface area (Å²) in [6, 6.07) is 1.10. The van der Waals surface area contributed by atoms with Gasteiger partial charge in [-0.2, -0.15) is 0 Å². The Balaban J connectivity index is 2.04. The van der Waals surface area contributed by atoms with E-state index in [0.29, 0.717) is 0 Å². The zero-order valence-corrected chi connectivity index (χ0v) is 16.1. The second kappa shape index (κ2) is 8.16. The standard InChI is InChI=1S/C15H25N2O8P/c1-10(2)24-26(21,25-11(3)4)9-22-12-7-15(20,23-8-12)17-6-5-13(18)16-14(17)19/h5-6,10-12,20H,7-9H2,1-4H3,(H,16,18,19)/t12-,15?/m1/s1. The lowest BCUT2D eigenvalue weighted by atomic mass is 10.2. The van der Waals surface area contributed by atoms with Gasteiger partial charge in [0.25, 0.3) is 11.5 Å². The van der Waals surface area contributed by atoms with Gasteiger partial charge in [-0.15, -0.1) is 0 Å². The molecule has 0 bridgehead atoms. The minimum Gasteiger partial charge on any atom is -0.363 e. The van der Waals surface area contributed by atoms with Crippen molar-refractivity contribution in [2.45, 2.75) is 58.3 Å². The summed E-state index contributed by atoms with van der Waals surface area (Å²) in [5.74, 6) is -1.96. The summed E-state index contributed by atoms with van der Waals surface area (Å²) in [6.45, 7) is 6.89. The van der Waals surface area contributed by atoms with Crippen molar-refractivity contribution >= 4 is 7.60 Å². The maximum absolute atomic E-state index is 12.7. The smallest absolute Gasteiger partial charge is 0.356 e. The van der Waals surface area contributed by atoms with E-state index in [1.807, 2.05) is 4.98 Å². The predicted molar refractivity (Wildman–Crippen MR) is 91.9 cm³/mol. The molecule has 1 aliphatic rings. The third kappa shape index (κ3) is 5.35. The molecule has 1 fully saturated rings. The van der Waals surface area contributed by atoms with E-state index in [4.69, 9.17) is 18.5 Å². The van der Waals surface area contributed by atoms with Gasteiger partial charge in [0.2, 0.25) is 0 Å². The molecule has 1 aromatic heterocycles. The molecular formula is C15H25N2O8P. The number of nitrogens with one attached hydrogen (secondary N) is 1. The lowest BCUT2D eigenvalue weighted by Gasteiger charge is -2.25. The Morgan fingerprint density at radius 3 is 2.50 bits per heavy atom. The highest BCUT2D eigenvalue weighted by Crippen LogP contribution is 2.51. The molecule has 11 heteroatoms. The summed E-state index contributed by atoms with van der Waals surface area (Å²) in [4.78, 5) is 25.0. The second-order valence-corrected chi connectivity index (χ2v) is 8.48. The minimum atomic E-state index is -3.49. The second-order valence-electron chi connectivity index (χ2n) is 6.58. The van der Waals surface area contributed by atoms with Crippen molar-refractivity contribution in [2.75, 3.05) is 13.0 Å². The Kier molecular flexibility index (Phi) is 6.60. The number of hydrogen-bond acceptors (Lipinski definition) is 8. The van der Waals surface area contributed by atoms with Crippen LogP contribution in [0.15, 0.2) is 21.9 Å². The van der Waals surface area contributed by atoms with Gasteiger partial charge in [-0.05, 0) is 27.7 Å². The minimum absolute atomic E-state index is 0.0363. The Hall–Kier alpha value is -1.29. The van der Waals surface area contributed by atoms with E-state index in [-0.39, 0.29) is 31.6 Å². The maximum Gasteiger partial charge on any atom is 0.356 e. The summed E-state index contributed by atoms with van der Waals surface area (Å²) in [5.41, 5.74) is -1.39. The van der Waals surface area contributed by atoms with Crippen LogP contribution in [0.5, 0.6) is 0 Å². The Morgan fingerprint density at radius 2 is 1.96 bits per heavy atom. The maximum atomic E-state index is 12.7. The van der Waals surface area contributed by atoms with E-state index in [9.17, 15) is 19.3 Å². The number of rotatable bonds is 8. The fourth-order valence-electron chi connectivity index (χ4n) is 2.53. The zero-order chi connectivity index (χ0) is 19.5. The Bertz CT molecular complexity index is 759. The van der Waals surface area contributed by atoms with E-state index < -0.39 is 30.9 Å². The van der Waals surface area contributed by atoms with Gasteiger partial charge in [0.05, 0.1) is 31.3 Å². The predicted octanol–water partition coefficient (Wildman–Crippen LogP) is 0.945. The molecular weight excluding hydrogens is 367 g/mol. The lowest BCUT2D eigenvalue weighted by Crippen LogP contribution is -2.43. The summed E-state index contributed by atoms with van der Waals surface area (Å²) >= 11 is 0. The van der Waals surface area contributed by atoms with Gasteiger partial charge in [0.15, 0.2) is 0 Å². The molecule has 148 valence electrons. The molecule has 1 saturated heterocycles. The SMILES string of the molecule is CC(C)OP(=O)(CO[C@H]1COC(O)(n2ccc(=O)[nH]c2=O)C1)OC(C)C. The zero-order valence-electron chi connectivity index (χ0n) is 15.2. The number of H-pyrrole nitrogens is 1. The summed E-state index contributed by atoms with van der Waals surface area (Å²) in [6.07, 6.45) is -0.549. The van der Waals surface area contributed by atoms with Crippen LogP contribution in [0, 0.1) is 0 Å². The van der Waals surface area contributed by atoms with Crippen molar-refractivity contribution in [1.29, 1.82) is 0 Å². The molecule has 0 aromatic carbocycles. The van der Waals surface area contributed by atoms with Gasteiger partial charge in [-0.1, -0.05) is 0 Å². The quantitative estimate of drug-likeness (QED) is 0.626. The van der Waals surface area contributed by atoms with Crippen molar-refractivity contribution in [3.8, 4) is 0 Å². The molecule has 1 aliphatic heterocycles. The van der Waals surface area contributed by atoms with Crippen LogP contribution in [0.3, 0.4) is 0 Å². The fourth-order valence-corrected chi connectivity index (χ4v) is 4.38. The van der Waals surface area contributed by atoms with Crippen molar-refractivity contribution in [3.05, 3.63) is 33.1 Å². The van der Waals surface area contributed by atoms with E-state index in [1.165, 1.54) is 0 Å². The first-order valence-electron chi connectivity index (χ1n) is 8.29. The van der Waals surface area contributed by atoms with Gasteiger partial charge in [0.1, 0.15) is 6.35 Å². The van der Waals surface area contributed by atoms with Crippen LogP contribution in [0.25, 0.3) is 0 Å². The summed E-state index contributed by atoms with van der Waals surface area (Å²) in [5, 5.41) is 10.5. The molecule has 0 spiro atoms. The van der Waals surface area contributed by atoms with Crippen LogP contribution in [0.4, 0.5) is 0 Å². The summed E-state index contributed by atoms with van der Waals surface area (Å²) in [7, 11) is -3.49. The number of aromatic nitrogens is 2. The number of nitrogens with zero attached hydrogens (tertiary/aromatic N) is 1. The molecule has 0 saturated carbocycles. The molecule has 2 N–H and O–H groups in total. The summed E-state index contributed by atoms with van der Waals surface area (Å²) < 4.78 is 35.2. The molecule has 26 heavy (non-hydrogen) atoms. The Morgan fingerprint density at radius 1 is 1.35 bits per heavy atom. The lowest BCUT2D eigenvalue weighted by molar-refractivity contribution is -0.237. The molecule has 1 aromatic rings. The van der Waals surface area contributed by atoms with Crippen molar-refractivity contribution in [1.82, 2.24) is 9.55 Å². The molecule has 0 aliphatic carbocycles. The van der Waals surface area contributed by atoms with Gasteiger partial charge >= 0.3 is 13.3 Å². The highest BCUT2D eigenvalue weighted by molar-refractivity contribution is 7.53. The van der Waals surface area contributed by atoms with Gasteiger partial charge < -0.3 is 23.6 Å². The van der Waals surface area contributed by atoms with E-state index in [2.05, 4.69) is 0 Å². The highest BCUT2D eigenvalue weighted by atomic mass is 31.2. The van der Waals surface area contributed by atoms with Crippen LogP contribution >= 0.6 is 7.60 Å². The number of aromatic amines is 1. The first-order valence-corrected chi connectivity index (χ1v) is 10.0.